The predicted octanol–water partition coefficient (Wildman–Crippen LogP) is 2.45. The van der Waals surface area contributed by atoms with Gasteiger partial charge in [-0.1, -0.05) is 6.07 Å². The fourth-order valence-corrected chi connectivity index (χ4v) is 2.59. The van der Waals surface area contributed by atoms with Crippen molar-refractivity contribution in [2.45, 2.75) is 25.3 Å². The first kappa shape index (κ1) is 12.9. The first-order valence-electron chi connectivity index (χ1n) is 7.22. The minimum absolute atomic E-state index is 0.277. The number of rotatable bonds is 4. The summed E-state index contributed by atoms with van der Waals surface area (Å²) in [5, 5.41) is 14.3. The third-order valence-corrected chi connectivity index (χ3v) is 3.89. The Balaban J connectivity index is 1.84. The van der Waals surface area contributed by atoms with E-state index >= 15 is 0 Å². The van der Waals surface area contributed by atoms with Crippen LogP contribution in [-0.2, 0) is 6.54 Å². The van der Waals surface area contributed by atoms with Crippen molar-refractivity contribution in [1.82, 2.24) is 19.7 Å². The summed E-state index contributed by atoms with van der Waals surface area (Å²) in [4.78, 5) is 20.4. The Bertz CT molecular complexity index is 853. The number of carboxylic acid groups (broad SMARTS) is 1. The number of hydrogen-bond acceptors (Lipinski definition) is 4. The molecule has 3 aromatic heterocycles. The summed E-state index contributed by atoms with van der Waals surface area (Å²) in [6.45, 7) is 0.477. The van der Waals surface area contributed by atoms with Crippen molar-refractivity contribution < 1.29 is 9.90 Å². The summed E-state index contributed by atoms with van der Waals surface area (Å²) >= 11 is 0. The lowest BCUT2D eigenvalue weighted by Gasteiger charge is -2.06. The van der Waals surface area contributed by atoms with E-state index in [4.69, 9.17) is 0 Å². The topological polar surface area (TPSA) is 80.9 Å². The summed E-state index contributed by atoms with van der Waals surface area (Å²) in [5.41, 5.74) is 2.61. The van der Waals surface area contributed by atoms with E-state index in [1.807, 2.05) is 18.2 Å². The fourth-order valence-electron chi connectivity index (χ4n) is 2.59. The van der Waals surface area contributed by atoms with Crippen LogP contribution in [-0.4, -0.2) is 30.8 Å². The lowest BCUT2D eigenvalue weighted by atomic mass is 10.1. The van der Waals surface area contributed by atoms with Crippen molar-refractivity contribution in [3.8, 4) is 0 Å². The van der Waals surface area contributed by atoms with Crippen LogP contribution in [0.2, 0.25) is 0 Å². The number of hydrogen-bond donors (Lipinski definition) is 1. The van der Waals surface area contributed by atoms with Crippen LogP contribution in [0.25, 0.3) is 11.0 Å². The first-order valence-corrected chi connectivity index (χ1v) is 7.22. The lowest BCUT2D eigenvalue weighted by molar-refractivity contribution is 0.0699. The normalized spacial score (nSPS) is 14.4. The highest BCUT2D eigenvalue weighted by Gasteiger charge is 2.27. The molecule has 1 saturated carbocycles. The summed E-state index contributed by atoms with van der Waals surface area (Å²) in [6.07, 6.45) is 5.45. The van der Waals surface area contributed by atoms with Crippen LogP contribution in [0, 0.1) is 0 Å². The van der Waals surface area contributed by atoms with E-state index in [0.717, 1.165) is 24.2 Å². The van der Waals surface area contributed by atoms with Crippen molar-refractivity contribution in [2.75, 3.05) is 0 Å². The summed E-state index contributed by atoms with van der Waals surface area (Å²) < 4.78 is 1.72. The van der Waals surface area contributed by atoms with Gasteiger partial charge in [0.05, 0.1) is 29.4 Å². The molecule has 110 valence electrons. The van der Waals surface area contributed by atoms with Crippen molar-refractivity contribution in [1.29, 1.82) is 0 Å². The Morgan fingerprint density at radius 3 is 2.91 bits per heavy atom. The zero-order valence-electron chi connectivity index (χ0n) is 11.8. The molecule has 1 N–H and O–H groups in total. The molecule has 6 heteroatoms. The summed E-state index contributed by atoms with van der Waals surface area (Å²) in [6, 6.07) is 7.38. The Hall–Kier alpha value is -2.76. The Morgan fingerprint density at radius 1 is 1.36 bits per heavy atom. The van der Waals surface area contributed by atoms with Gasteiger partial charge in [-0.15, -0.1) is 0 Å². The van der Waals surface area contributed by atoms with Gasteiger partial charge in [0.15, 0.2) is 5.65 Å². The van der Waals surface area contributed by atoms with E-state index < -0.39 is 5.97 Å². The second kappa shape index (κ2) is 4.91. The van der Waals surface area contributed by atoms with E-state index in [1.165, 1.54) is 0 Å². The molecule has 0 radical (unpaired) electrons. The van der Waals surface area contributed by atoms with Gasteiger partial charge in [0.2, 0.25) is 0 Å². The summed E-state index contributed by atoms with van der Waals surface area (Å²) in [5.74, 6) is -0.549. The van der Waals surface area contributed by atoms with Crippen molar-refractivity contribution in [3.05, 3.63) is 53.6 Å². The van der Waals surface area contributed by atoms with Crippen molar-refractivity contribution in [2.24, 2.45) is 0 Å². The van der Waals surface area contributed by atoms with Gasteiger partial charge in [-0.2, -0.15) is 5.10 Å². The number of carbonyl (C=O) groups is 1. The van der Waals surface area contributed by atoms with Crippen LogP contribution in [0.5, 0.6) is 0 Å². The molecule has 0 aliphatic heterocycles. The zero-order valence-corrected chi connectivity index (χ0v) is 11.8. The van der Waals surface area contributed by atoms with Crippen LogP contribution in [0.15, 0.2) is 36.7 Å². The molecule has 22 heavy (non-hydrogen) atoms. The third-order valence-electron chi connectivity index (χ3n) is 3.89. The van der Waals surface area contributed by atoms with Gasteiger partial charge in [-0.25, -0.2) is 14.5 Å². The zero-order chi connectivity index (χ0) is 15.1. The minimum atomic E-state index is -0.938. The molecular formula is C16H14N4O2. The molecule has 4 rings (SSSR count). The fraction of sp³-hybridized carbons (Fsp3) is 0.250. The Labute approximate surface area is 126 Å². The smallest absolute Gasteiger partial charge is 0.336 e. The van der Waals surface area contributed by atoms with Crippen molar-refractivity contribution in [3.63, 3.8) is 0 Å². The maximum Gasteiger partial charge on any atom is 0.336 e. The number of aromatic nitrogens is 4. The van der Waals surface area contributed by atoms with E-state index in [2.05, 4.69) is 15.1 Å². The van der Waals surface area contributed by atoms with Gasteiger partial charge >= 0.3 is 5.97 Å². The maximum absolute atomic E-state index is 11.5. The number of nitrogens with zero attached hydrogens (tertiary/aromatic N) is 4. The molecule has 0 unspecified atom stereocenters. The van der Waals surface area contributed by atoms with E-state index in [1.54, 1.807) is 23.1 Å². The van der Waals surface area contributed by atoms with Gasteiger partial charge in [0.25, 0.3) is 0 Å². The molecule has 1 fully saturated rings. The quantitative estimate of drug-likeness (QED) is 0.799. The predicted molar refractivity (Wildman–Crippen MR) is 79.8 cm³/mol. The molecular weight excluding hydrogens is 280 g/mol. The third kappa shape index (κ3) is 2.22. The number of fused-ring (bicyclic) bond motifs is 1. The van der Waals surface area contributed by atoms with Crippen LogP contribution in [0.4, 0.5) is 0 Å². The van der Waals surface area contributed by atoms with Crippen LogP contribution < -0.4 is 0 Å². The SMILES string of the molecule is O=C(O)c1cc(C2CC2)nc2c1cnn2Cc1ccccn1. The van der Waals surface area contributed by atoms with Crippen LogP contribution in [0.1, 0.15) is 40.5 Å². The van der Waals surface area contributed by atoms with Crippen molar-refractivity contribution >= 4 is 17.0 Å². The highest BCUT2D eigenvalue weighted by molar-refractivity contribution is 6.01. The monoisotopic (exact) mass is 294 g/mol. The largest absolute Gasteiger partial charge is 0.478 e. The molecule has 0 saturated heterocycles. The molecule has 0 atom stereocenters. The molecule has 3 aromatic rings. The molecule has 0 amide bonds. The minimum Gasteiger partial charge on any atom is -0.478 e. The van der Waals surface area contributed by atoms with Crippen LogP contribution >= 0.6 is 0 Å². The molecule has 3 heterocycles. The number of carboxylic acids is 1. The number of pyridine rings is 2. The van der Waals surface area contributed by atoms with Gasteiger partial charge in [0.1, 0.15) is 0 Å². The second-order valence-electron chi connectivity index (χ2n) is 5.53. The average Bonchev–Trinajstić information content (AvgIpc) is 3.30. The van der Waals surface area contributed by atoms with Gasteiger partial charge in [-0.3, -0.25) is 4.98 Å². The summed E-state index contributed by atoms with van der Waals surface area (Å²) in [7, 11) is 0. The molecule has 0 aromatic carbocycles. The molecule has 0 bridgehead atoms. The Kier molecular flexibility index (Phi) is 2.89. The van der Waals surface area contributed by atoms with Gasteiger partial charge < -0.3 is 5.11 Å². The van der Waals surface area contributed by atoms with E-state index in [9.17, 15) is 9.90 Å². The molecule has 1 aliphatic carbocycles. The van der Waals surface area contributed by atoms with E-state index in [0.29, 0.717) is 23.5 Å². The van der Waals surface area contributed by atoms with Crippen LogP contribution in [0.3, 0.4) is 0 Å². The number of aromatic carboxylic acids is 1. The highest BCUT2D eigenvalue weighted by Crippen LogP contribution is 2.40. The highest BCUT2D eigenvalue weighted by atomic mass is 16.4. The average molecular weight is 294 g/mol. The second-order valence-corrected chi connectivity index (χ2v) is 5.53. The van der Waals surface area contributed by atoms with Gasteiger partial charge in [-0.05, 0) is 31.0 Å². The molecule has 1 aliphatic rings. The standard InChI is InChI=1S/C16H14N4O2/c21-16(22)12-7-14(10-4-5-10)19-15-13(12)8-18-20(15)9-11-3-1-2-6-17-11/h1-3,6-8,10H,4-5,9H2,(H,21,22). The lowest BCUT2D eigenvalue weighted by Crippen LogP contribution is -2.06. The molecule has 0 spiro atoms. The maximum atomic E-state index is 11.5. The first-order chi connectivity index (χ1) is 10.7. The Morgan fingerprint density at radius 2 is 2.23 bits per heavy atom. The van der Waals surface area contributed by atoms with E-state index in [-0.39, 0.29) is 5.56 Å². The molecule has 6 nitrogen and oxygen atoms in total. The van der Waals surface area contributed by atoms with Gasteiger partial charge in [0, 0.05) is 17.8 Å².